The highest BCUT2D eigenvalue weighted by Gasteiger charge is 2.15. The molecular formula is C10H8O2. The van der Waals surface area contributed by atoms with Crippen molar-refractivity contribution in [2.24, 2.45) is 0 Å². The normalized spacial score (nSPS) is 19.5. The van der Waals surface area contributed by atoms with E-state index in [-0.39, 0.29) is 0 Å². The highest BCUT2D eigenvalue weighted by atomic mass is 16.5. The van der Waals surface area contributed by atoms with Gasteiger partial charge < -0.3 is 4.74 Å². The van der Waals surface area contributed by atoms with Crippen molar-refractivity contribution in [1.29, 1.82) is 0 Å². The molecule has 1 aliphatic rings. The van der Waals surface area contributed by atoms with Crippen LogP contribution in [0.25, 0.3) is 6.08 Å². The zero-order valence-corrected chi connectivity index (χ0v) is 6.44. The van der Waals surface area contributed by atoms with Gasteiger partial charge in [0, 0.05) is 5.56 Å². The molecule has 0 saturated carbocycles. The summed E-state index contributed by atoms with van der Waals surface area (Å²) in [5, 5.41) is 0. The predicted molar refractivity (Wildman–Crippen MR) is 45.4 cm³/mol. The SMILES string of the molecule is O=C[C@@H]1OC=Cc2ccccc21. The van der Waals surface area contributed by atoms with Gasteiger partial charge in [0.2, 0.25) is 0 Å². The lowest BCUT2D eigenvalue weighted by Crippen LogP contribution is -2.06. The van der Waals surface area contributed by atoms with Gasteiger partial charge >= 0.3 is 0 Å². The number of hydrogen-bond acceptors (Lipinski definition) is 2. The van der Waals surface area contributed by atoms with Gasteiger partial charge in [-0.1, -0.05) is 24.3 Å². The monoisotopic (exact) mass is 160 g/mol. The molecule has 2 heteroatoms. The number of aldehydes is 1. The van der Waals surface area contributed by atoms with Gasteiger partial charge in [0.15, 0.2) is 12.4 Å². The van der Waals surface area contributed by atoms with Crippen molar-refractivity contribution in [3.63, 3.8) is 0 Å². The third-order valence-corrected chi connectivity index (χ3v) is 1.90. The zero-order chi connectivity index (χ0) is 8.39. The third kappa shape index (κ3) is 1.01. The number of carbonyl (C=O) groups excluding carboxylic acids is 1. The van der Waals surface area contributed by atoms with Gasteiger partial charge in [-0.3, -0.25) is 4.79 Å². The Balaban J connectivity index is 2.52. The summed E-state index contributed by atoms with van der Waals surface area (Å²) in [6, 6.07) is 7.71. The molecule has 0 radical (unpaired) electrons. The smallest absolute Gasteiger partial charge is 0.178 e. The molecule has 0 fully saturated rings. The Bertz CT molecular complexity index is 328. The summed E-state index contributed by atoms with van der Waals surface area (Å²) in [4.78, 5) is 10.6. The Morgan fingerprint density at radius 2 is 2.17 bits per heavy atom. The number of hydrogen-bond donors (Lipinski definition) is 0. The molecule has 1 aromatic rings. The minimum atomic E-state index is -0.425. The molecule has 0 saturated heterocycles. The van der Waals surface area contributed by atoms with E-state index in [1.165, 1.54) is 0 Å². The van der Waals surface area contributed by atoms with Gasteiger partial charge in [-0.25, -0.2) is 0 Å². The summed E-state index contributed by atoms with van der Waals surface area (Å²) >= 11 is 0. The number of ether oxygens (including phenoxy) is 1. The van der Waals surface area contributed by atoms with Crippen LogP contribution in [-0.2, 0) is 9.53 Å². The molecule has 1 heterocycles. The first-order valence-corrected chi connectivity index (χ1v) is 3.78. The molecule has 0 N–H and O–H groups in total. The molecule has 1 aromatic carbocycles. The summed E-state index contributed by atoms with van der Waals surface area (Å²) in [7, 11) is 0. The fraction of sp³-hybridized carbons (Fsp3) is 0.100. The van der Waals surface area contributed by atoms with Crippen LogP contribution >= 0.6 is 0 Å². The molecule has 2 nitrogen and oxygen atoms in total. The molecule has 0 aromatic heterocycles. The van der Waals surface area contributed by atoms with Crippen LogP contribution in [-0.4, -0.2) is 6.29 Å². The number of carbonyl (C=O) groups is 1. The molecule has 2 rings (SSSR count). The van der Waals surface area contributed by atoms with Gasteiger partial charge in [0.25, 0.3) is 0 Å². The first-order valence-electron chi connectivity index (χ1n) is 3.78. The minimum absolute atomic E-state index is 0.425. The van der Waals surface area contributed by atoms with Crippen LogP contribution in [0.3, 0.4) is 0 Å². The van der Waals surface area contributed by atoms with Crippen molar-refractivity contribution in [3.8, 4) is 0 Å². The summed E-state index contributed by atoms with van der Waals surface area (Å²) in [6.07, 6.45) is 3.80. The fourth-order valence-electron chi connectivity index (χ4n) is 1.30. The van der Waals surface area contributed by atoms with Crippen LogP contribution < -0.4 is 0 Å². The number of rotatable bonds is 1. The van der Waals surface area contributed by atoms with Gasteiger partial charge in [0.1, 0.15) is 0 Å². The Hall–Kier alpha value is -1.57. The van der Waals surface area contributed by atoms with Crippen LogP contribution in [0.2, 0.25) is 0 Å². The Labute approximate surface area is 70.5 Å². The Kier molecular flexibility index (Phi) is 1.67. The van der Waals surface area contributed by atoms with E-state index in [0.717, 1.165) is 17.4 Å². The van der Waals surface area contributed by atoms with E-state index in [2.05, 4.69) is 0 Å². The molecule has 1 aliphatic heterocycles. The van der Waals surface area contributed by atoms with Gasteiger partial charge in [-0.2, -0.15) is 0 Å². The largest absolute Gasteiger partial charge is 0.486 e. The maximum absolute atomic E-state index is 10.6. The zero-order valence-electron chi connectivity index (χ0n) is 6.44. The Morgan fingerprint density at radius 1 is 1.33 bits per heavy atom. The van der Waals surface area contributed by atoms with Crippen LogP contribution in [0.5, 0.6) is 0 Å². The van der Waals surface area contributed by atoms with Crippen LogP contribution in [0.4, 0.5) is 0 Å². The van der Waals surface area contributed by atoms with Crippen molar-refractivity contribution in [2.45, 2.75) is 6.10 Å². The lowest BCUT2D eigenvalue weighted by molar-refractivity contribution is -0.115. The summed E-state index contributed by atoms with van der Waals surface area (Å²) < 4.78 is 5.10. The number of fused-ring (bicyclic) bond motifs is 1. The molecule has 0 spiro atoms. The second-order valence-corrected chi connectivity index (χ2v) is 2.62. The van der Waals surface area contributed by atoms with Crippen molar-refractivity contribution >= 4 is 12.4 Å². The molecule has 1 atom stereocenters. The van der Waals surface area contributed by atoms with E-state index in [1.807, 2.05) is 30.3 Å². The average molecular weight is 160 g/mol. The summed E-state index contributed by atoms with van der Waals surface area (Å²) in [6.45, 7) is 0. The molecular weight excluding hydrogens is 152 g/mol. The summed E-state index contributed by atoms with van der Waals surface area (Å²) in [5.74, 6) is 0. The van der Waals surface area contributed by atoms with Crippen LogP contribution in [0.15, 0.2) is 30.5 Å². The molecule has 0 amide bonds. The van der Waals surface area contributed by atoms with Crippen LogP contribution in [0, 0.1) is 0 Å². The summed E-state index contributed by atoms with van der Waals surface area (Å²) in [5.41, 5.74) is 2.00. The molecule has 12 heavy (non-hydrogen) atoms. The van der Waals surface area contributed by atoms with E-state index in [9.17, 15) is 4.79 Å². The van der Waals surface area contributed by atoms with Gasteiger partial charge in [0.05, 0.1) is 6.26 Å². The fourth-order valence-corrected chi connectivity index (χ4v) is 1.30. The average Bonchev–Trinajstić information content (AvgIpc) is 2.17. The predicted octanol–water partition coefficient (Wildman–Crippen LogP) is 1.93. The first-order chi connectivity index (χ1) is 5.92. The van der Waals surface area contributed by atoms with Crippen molar-refractivity contribution in [3.05, 3.63) is 41.7 Å². The first kappa shape index (κ1) is 7.10. The quantitative estimate of drug-likeness (QED) is 0.587. The van der Waals surface area contributed by atoms with E-state index < -0.39 is 6.10 Å². The third-order valence-electron chi connectivity index (χ3n) is 1.90. The highest BCUT2D eigenvalue weighted by molar-refractivity contribution is 5.67. The maximum atomic E-state index is 10.6. The lowest BCUT2D eigenvalue weighted by Gasteiger charge is -2.17. The number of benzene rings is 1. The van der Waals surface area contributed by atoms with E-state index in [0.29, 0.717) is 0 Å². The van der Waals surface area contributed by atoms with Crippen LogP contribution in [0.1, 0.15) is 17.2 Å². The molecule has 0 aliphatic carbocycles. The Morgan fingerprint density at radius 3 is 3.00 bits per heavy atom. The molecule has 0 bridgehead atoms. The van der Waals surface area contributed by atoms with Crippen molar-refractivity contribution in [2.75, 3.05) is 0 Å². The maximum Gasteiger partial charge on any atom is 0.178 e. The molecule has 60 valence electrons. The molecule has 0 unspecified atom stereocenters. The van der Waals surface area contributed by atoms with Crippen molar-refractivity contribution < 1.29 is 9.53 Å². The van der Waals surface area contributed by atoms with E-state index >= 15 is 0 Å². The second-order valence-electron chi connectivity index (χ2n) is 2.62. The van der Waals surface area contributed by atoms with Gasteiger partial charge in [-0.15, -0.1) is 0 Å². The van der Waals surface area contributed by atoms with E-state index in [1.54, 1.807) is 6.26 Å². The standard InChI is InChI=1S/C10H8O2/c11-7-10-9-4-2-1-3-8(9)5-6-12-10/h1-7,10H/t10-/m0/s1. The van der Waals surface area contributed by atoms with Gasteiger partial charge in [-0.05, 0) is 11.6 Å². The van der Waals surface area contributed by atoms with E-state index in [4.69, 9.17) is 4.74 Å². The highest BCUT2D eigenvalue weighted by Crippen LogP contribution is 2.25. The van der Waals surface area contributed by atoms with Crippen molar-refractivity contribution in [1.82, 2.24) is 0 Å². The lowest BCUT2D eigenvalue weighted by atomic mass is 10.0. The minimum Gasteiger partial charge on any atom is -0.486 e. The second kappa shape index (κ2) is 2.81. The topological polar surface area (TPSA) is 26.3 Å².